The van der Waals surface area contributed by atoms with Gasteiger partial charge in [0.1, 0.15) is 12.7 Å². The molecule has 7 nitrogen and oxygen atoms in total. The molecule has 0 unspecified atom stereocenters. The first-order valence-electron chi connectivity index (χ1n) is 6.04. The fourth-order valence-electron chi connectivity index (χ4n) is 2.13. The smallest absolute Gasteiger partial charge is 0.358 e. The number of hydrogen-bond donors (Lipinski definition) is 0. The molecule has 0 spiro atoms. The SMILES string of the molecule is Cc1nc([N+](=O)[O-])cn1CC(=O)N1CCCCC1. The van der Waals surface area contributed by atoms with Crippen LogP contribution in [0.2, 0.25) is 0 Å². The lowest BCUT2D eigenvalue weighted by atomic mass is 10.1. The predicted octanol–water partition coefficient (Wildman–Crippen LogP) is 1.11. The highest BCUT2D eigenvalue weighted by Gasteiger charge is 2.20. The van der Waals surface area contributed by atoms with Crippen molar-refractivity contribution in [3.8, 4) is 0 Å². The monoisotopic (exact) mass is 252 g/mol. The summed E-state index contributed by atoms with van der Waals surface area (Å²) in [5.41, 5.74) is 0. The molecule has 98 valence electrons. The van der Waals surface area contributed by atoms with Gasteiger partial charge in [-0.05, 0) is 29.2 Å². The van der Waals surface area contributed by atoms with E-state index >= 15 is 0 Å². The van der Waals surface area contributed by atoms with Gasteiger partial charge in [0.25, 0.3) is 0 Å². The van der Waals surface area contributed by atoms with Crippen LogP contribution in [0, 0.1) is 17.0 Å². The number of carbonyl (C=O) groups is 1. The number of likely N-dealkylation sites (tertiary alicyclic amines) is 1. The molecule has 0 aliphatic carbocycles. The van der Waals surface area contributed by atoms with E-state index in [9.17, 15) is 14.9 Å². The van der Waals surface area contributed by atoms with Crippen LogP contribution in [0.5, 0.6) is 0 Å². The normalized spacial score (nSPS) is 15.7. The summed E-state index contributed by atoms with van der Waals surface area (Å²) in [6, 6.07) is 0. The van der Waals surface area contributed by atoms with Crippen molar-refractivity contribution in [2.75, 3.05) is 13.1 Å². The Bertz CT molecular complexity index is 463. The van der Waals surface area contributed by atoms with Crippen LogP contribution in [0.4, 0.5) is 5.82 Å². The third-order valence-corrected chi connectivity index (χ3v) is 3.16. The van der Waals surface area contributed by atoms with Gasteiger partial charge in [0.05, 0.1) is 0 Å². The highest BCUT2D eigenvalue weighted by Crippen LogP contribution is 2.13. The van der Waals surface area contributed by atoms with Crippen molar-refractivity contribution in [2.24, 2.45) is 0 Å². The molecule has 0 atom stereocenters. The minimum atomic E-state index is -0.547. The minimum absolute atomic E-state index is 0.00472. The first-order valence-corrected chi connectivity index (χ1v) is 6.04. The van der Waals surface area contributed by atoms with Gasteiger partial charge in [-0.2, -0.15) is 0 Å². The van der Waals surface area contributed by atoms with Gasteiger partial charge in [-0.15, -0.1) is 0 Å². The molecular weight excluding hydrogens is 236 g/mol. The summed E-state index contributed by atoms with van der Waals surface area (Å²) in [7, 11) is 0. The lowest BCUT2D eigenvalue weighted by molar-refractivity contribution is -0.389. The lowest BCUT2D eigenvalue weighted by Crippen LogP contribution is -2.37. The maximum atomic E-state index is 12.0. The Kier molecular flexibility index (Phi) is 3.59. The summed E-state index contributed by atoms with van der Waals surface area (Å²) in [5, 5.41) is 10.6. The maximum Gasteiger partial charge on any atom is 0.381 e. The van der Waals surface area contributed by atoms with Crippen LogP contribution in [0.3, 0.4) is 0 Å². The number of hydrogen-bond acceptors (Lipinski definition) is 4. The molecular formula is C11H16N4O3. The molecule has 0 N–H and O–H groups in total. The van der Waals surface area contributed by atoms with Crippen LogP contribution in [-0.2, 0) is 11.3 Å². The molecule has 1 aliphatic heterocycles. The maximum absolute atomic E-state index is 12.0. The van der Waals surface area contributed by atoms with E-state index in [2.05, 4.69) is 4.98 Å². The summed E-state index contributed by atoms with van der Waals surface area (Å²) >= 11 is 0. The highest BCUT2D eigenvalue weighted by atomic mass is 16.6. The molecule has 0 bridgehead atoms. The summed E-state index contributed by atoms with van der Waals surface area (Å²) in [5.74, 6) is 0.288. The Labute approximate surface area is 105 Å². The fourth-order valence-corrected chi connectivity index (χ4v) is 2.13. The molecule has 0 radical (unpaired) electrons. The van der Waals surface area contributed by atoms with Crippen molar-refractivity contribution in [3.63, 3.8) is 0 Å². The summed E-state index contributed by atoms with van der Waals surface area (Å²) in [4.78, 5) is 27.7. The Hall–Kier alpha value is -1.92. The Morgan fingerprint density at radius 1 is 1.44 bits per heavy atom. The van der Waals surface area contributed by atoms with Crippen molar-refractivity contribution in [1.29, 1.82) is 0 Å². The number of piperidine rings is 1. The summed E-state index contributed by atoms with van der Waals surface area (Å²) < 4.78 is 1.54. The molecule has 2 rings (SSSR count). The highest BCUT2D eigenvalue weighted by molar-refractivity contribution is 5.76. The molecule has 7 heteroatoms. The topological polar surface area (TPSA) is 81.3 Å². The van der Waals surface area contributed by atoms with E-state index in [1.54, 1.807) is 6.92 Å². The molecule has 1 aliphatic rings. The number of nitro groups is 1. The van der Waals surface area contributed by atoms with Gasteiger partial charge in [-0.3, -0.25) is 9.36 Å². The van der Waals surface area contributed by atoms with Gasteiger partial charge >= 0.3 is 5.82 Å². The van der Waals surface area contributed by atoms with E-state index in [4.69, 9.17) is 0 Å². The van der Waals surface area contributed by atoms with E-state index in [0.717, 1.165) is 25.9 Å². The molecule has 1 amide bonds. The van der Waals surface area contributed by atoms with Gasteiger partial charge in [-0.25, -0.2) is 0 Å². The van der Waals surface area contributed by atoms with Crippen molar-refractivity contribution in [2.45, 2.75) is 32.7 Å². The van der Waals surface area contributed by atoms with Gasteiger partial charge in [0.15, 0.2) is 0 Å². The van der Waals surface area contributed by atoms with Gasteiger partial charge in [0.2, 0.25) is 11.7 Å². The van der Waals surface area contributed by atoms with Crippen LogP contribution >= 0.6 is 0 Å². The largest absolute Gasteiger partial charge is 0.381 e. The Morgan fingerprint density at radius 3 is 2.67 bits per heavy atom. The number of imidazole rings is 1. The number of amides is 1. The second kappa shape index (κ2) is 5.16. The molecule has 0 aromatic carbocycles. The number of aromatic nitrogens is 2. The third-order valence-electron chi connectivity index (χ3n) is 3.16. The van der Waals surface area contributed by atoms with Crippen molar-refractivity contribution >= 4 is 11.7 Å². The summed E-state index contributed by atoms with van der Waals surface area (Å²) in [6.07, 6.45) is 4.56. The van der Waals surface area contributed by atoms with Crippen LogP contribution < -0.4 is 0 Å². The minimum Gasteiger partial charge on any atom is -0.358 e. The zero-order chi connectivity index (χ0) is 13.1. The second-order valence-corrected chi connectivity index (χ2v) is 4.47. The van der Waals surface area contributed by atoms with E-state index in [-0.39, 0.29) is 18.3 Å². The second-order valence-electron chi connectivity index (χ2n) is 4.47. The average Bonchev–Trinajstić information content (AvgIpc) is 2.72. The number of rotatable bonds is 3. The van der Waals surface area contributed by atoms with E-state index < -0.39 is 4.92 Å². The molecule has 1 fully saturated rings. The zero-order valence-corrected chi connectivity index (χ0v) is 10.3. The lowest BCUT2D eigenvalue weighted by Gasteiger charge is -2.26. The molecule has 1 aromatic heterocycles. The molecule has 1 saturated heterocycles. The standard InChI is InChI=1S/C11H16N4O3/c1-9-12-10(15(17)18)7-14(9)8-11(16)13-5-3-2-4-6-13/h7H,2-6,8H2,1H3. The Morgan fingerprint density at radius 2 is 2.11 bits per heavy atom. The predicted molar refractivity (Wildman–Crippen MR) is 64.0 cm³/mol. The van der Waals surface area contributed by atoms with E-state index in [1.165, 1.54) is 17.2 Å². The first-order chi connectivity index (χ1) is 8.58. The van der Waals surface area contributed by atoms with Crippen LogP contribution in [0.15, 0.2) is 6.20 Å². The first kappa shape index (κ1) is 12.5. The number of carbonyl (C=O) groups excluding carboxylic acids is 1. The quantitative estimate of drug-likeness (QED) is 0.596. The number of nitrogens with zero attached hydrogens (tertiary/aromatic N) is 4. The van der Waals surface area contributed by atoms with Gasteiger partial charge < -0.3 is 15.0 Å². The van der Waals surface area contributed by atoms with Crippen LogP contribution in [0.25, 0.3) is 0 Å². The molecule has 0 saturated carbocycles. The third kappa shape index (κ3) is 2.66. The average molecular weight is 252 g/mol. The molecule has 2 heterocycles. The van der Waals surface area contributed by atoms with E-state index in [0.29, 0.717) is 5.82 Å². The number of aryl methyl sites for hydroxylation is 1. The van der Waals surface area contributed by atoms with Crippen molar-refractivity contribution in [1.82, 2.24) is 14.5 Å². The van der Waals surface area contributed by atoms with E-state index in [1.807, 2.05) is 4.90 Å². The fraction of sp³-hybridized carbons (Fsp3) is 0.636. The zero-order valence-electron chi connectivity index (χ0n) is 10.3. The van der Waals surface area contributed by atoms with Crippen LogP contribution in [0.1, 0.15) is 25.1 Å². The molecule has 18 heavy (non-hydrogen) atoms. The van der Waals surface area contributed by atoms with Gasteiger partial charge in [-0.1, -0.05) is 0 Å². The van der Waals surface area contributed by atoms with Crippen LogP contribution in [-0.4, -0.2) is 38.4 Å². The summed E-state index contributed by atoms with van der Waals surface area (Å²) in [6.45, 7) is 3.37. The Balaban J connectivity index is 2.04. The molecule has 1 aromatic rings. The van der Waals surface area contributed by atoms with Gasteiger partial charge in [0, 0.05) is 20.0 Å². The van der Waals surface area contributed by atoms with Crippen molar-refractivity contribution in [3.05, 3.63) is 22.1 Å². The van der Waals surface area contributed by atoms with Crippen molar-refractivity contribution < 1.29 is 9.72 Å².